The molecule has 0 aliphatic carbocycles. The number of ether oxygens (including phenoxy) is 1. The molecular formula is C16H17N3O6. The molecule has 2 rings (SSSR count). The lowest BCUT2D eigenvalue weighted by Crippen LogP contribution is -2.30. The molecule has 0 saturated carbocycles. The second kappa shape index (κ2) is 7.95. The van der Waals surface area contributed by atoms with Crippen LogP contribution in [0.3, 0.4) is 0 Å². The molecule has 1 aromatic heterocycles. The zero-order valence-corrected chi connectivity index (χ0v) is 13.4. The van der Waals surface area contributed by atoms with Crippen LogP contribution in [0.15, 0.2) is 35.1 Å². The number of rotatable bonds is 7. The first kappa shape index (κ1) is 18.0. The highest BCUT2D eigenvalue weighted by Crippen LogP contribution is 2.21. The van der Waals surface area contributed by atoms with E-state index in [2.05, 4.69) is 10.4 Å². The monoisotopic (exact) mass is 347 g/mol. The summed E-state index contributed by atoms with van der Waals surface area (Å²) >= 11 is 0. The standard InChI is InChI=1S/C16H17N3O6/c1-25-12-6-3-2-5-10(12)19-13(21)9-11(20)15(18-19)16(24)17-8-4-7-14(22)23/h2-3,5-6,9,20H,4,7-8H2,1H3,(H,17,24)(H,22,23). The van der Waals surface area contributed by atoms with E-state index in [1.807, 2.05) is 0 Å². The Morgan fingerprint density at radius 2 is 2.04 bits per heavy atom. The first-order chi connectivity index (χ1) is 11.9. The van der Waals surface area contributed by atoms with Crippen LogP contribution in [0.1, 0.15) is 23.3 Å². The van der Waals surface area contributed by atoms with E-state index in [0.29, 0.717) is 11.4 Å². The van der Waals surface area contributed by atoms with E-state index in [9.17, 15) is 19.5 Å². The summed E-state index contributed by atoms with van der Waals surface area (Å²) in [6, 6.07) is 7.47. The van der Waals surface area contributed by atoms with Crippen LogP contribution in [0.4, 0.5) is 0 Å². The van der Waals surface area contributed by atoms with Gasteiger partial charge in [0.2, 0.25) is 0 Å². The predicted octanol–water partition coefficient (Wildman–Crippen LogP) is 0.541. The molecule has 0 radical (unpaired) electrons. The highest BCUT2D eigenvalue weighted by molar-refractivity contribution is 5.94. The Balaban J connectivity index is 2.30. The summed E-state index contributed by atoms with van der Waals surface area (Å²) in [6.07, 6.45) is 0.133. The fourth-order valence-corrected chi connectivity index (χ4v) is 2.11. The van der Waals surface area contributed by atoms with Crippen LogP contribution in [0.5, 0.6) is 11.5 Å². The smallest absolute Gasteiger partial charge is 0.303 e. The van der Waals surface area contributed by atoms with Crippen LogP contribution < -0.4 is 15.6 Å². The van der Waals surface area contributed by atoms with Crippen LogP contribution in [0.25, 0.3) is 5.69 Å². The minimum Gasteiger partial charge on any atom is -0.505 e. The highest BCUT2D eigenvalue weighted by atomic mass is 16.5. The van der Waals surface area contributed by atoms with Gasteiger partial charge in [-0.05, 0) is 18.6 Å². The lowest BCUT2D eigenvalue weighted by molar-refractivity contribution is -0.137. The summed E-state index contributed by atoms with van der Waals surface area (Å²) < 4.78 is 6.12. The molecule has 0 aliphatic heterocycles. The number of nitrogens with one attached hydrogen (secondary N) is 1. The molecule has 25 heavy (non-hydrogen) atoms. The maximum absolute atomic E-state index is 12.1. The van der Waals surface area contributed by atoms with Gasteiger partial charge in [0, 0.05) is 19.0 Å². The third-order valence-electron chi connectivity index (χ3n) is 3.29. The Morgan fingerprint density at radius 1 is 1.32 bits per heavy atom. The molecule has 1 amide bonds. The maximum atomic E-state index is 12.1. The van der Waals surface area contributed by atoms with Gasteiger partial charge < -0.3 is 20.3 Å². The lowest BCUT2D eigenvalue weighted by Gasteiger charge is -2.11. The minimum atomic E-state index is -0.972. The topological polar surface area (TPSA) is 131 Å². The van der Waals surface area contributed by atoms with Crippen LogP contribution >= 0.6 is 0 Å². The van der Waals surface area contributed by atoms with Crippen molar-refractivity contribution >= 4 is 11.9 Å². The summed E-state index contributed by atoms with van der Waals surface area (Å²) in [6.45, 7) is 0.0973. The van der Waals surface area contributed by atoms with Gasteiger partial charge in [0.15, 0.2) is 11.4 Å². The average Bonchev–Trinajstić information content (AvgIpc) is 2.58. The zero-order chi connectivity index (χ0) is 18.4. The summed E-state index contributed by atoms with van der Waals surface area (Å²) in [7, 11) is 1.43. The van der Waals surface area contributed by atoms with Gasteiger partial charge in [-0.1, -0.05) is 12.1 Å². The molecule has 0 atom stereocenters. The SMILES string of the molecule is COc1ccccc1-n1nc(C(=O)NCCCC(=O)O)c(O)cc1=O. The van der Waals surface area contributed by atoms with Crippen molar-refractivity contribution in [1.29, 1.82) is 0 Å². The van der Waals surface area contributed by atoms with Gasteiger partial charge in [0.1, 0.15) is 11.4 Å². The molecule has 0 unspecified atom stereocenters. The number of carboxylic acid groups (broad SMARTS) is 1. The molecule has 0 fully saturated rings. The molecule has 3 N–H and O–H groups in total. The molecule has 9 nitrogen and oxygen atoms in total. The number of amides is 1. The molecular weight excluding hydrogens is 330 g/mol. The van der Waals surface area contributed by atoms with Crippen molar-refractivity contribution < 1.29 is 24.5 Å². The molecule has 132 valence electrons. The normalized spacial score (nSPS) is 10.3. The van der Waals surface area contributed by atoms with E-state index < -0.39 is 23.2 Å². The second-order valence-electron chi connectivity index (χ2n) is 5.05. The number of hydrogen-bond donors (Lipinski definition) is 3. The van der Waals surface area contributed by atoms with Crippen LogP contribution in [-0.4, -0.2) is 45.5 Å². The third kappa shape index (κ3) is 4.34. The van der Waals surface area contributed by atoms with Crippen molar-refractivity contribution in [1.82, 2.24) is 15.1 Å². The molecule has 9 heteroatoms. The van der Waals surface area contributed by atoms with Crippen molar-refractivity contribution in [3.8, 4) is 17.2 Å². The average molecular weight is 347 g/mol. The Morgan fingerprint density at radius 3 is 2.72 bits per heavy atom. The number of hydrogen-bond acceptors (Lipinski definition) is 6. The first-order valence-electron chi connectivity index (χ1n) is 7.40. The Labute approximate surface area is 142 Å². The number of aliphatic carboxylic acids is 1. The van der Waals surface area contributed by atoms with Gasteiger partial charge >= 0.3 is 5.97 Å². The van der Waals surface area contributed by atoms with Crippen molar-refractivity contribution in [2.24, 2.45) is 0 Å². The number of carboxylic acids is 1. The van der Waals surface area contributed by atoms with Crippen LogP contribution in [0.2, 0.25) is 0 Å². The summed E-state index contributed by atoms with van der Waals surface area (Å²) in [5, 5.41) is 24.8. The summed E-state index contributed by atoms with van der Waals surface area (Å²) in [5.41, 5.74) is -0.666. The summed E-state index contributed by atoms with van der Waals surface area (Å²) in [4.78, 5) is 34.7. The van der Waals surface area contributed by atoms with Crippen molar-refractivity contribution in [2.45, 2.75) is 12.8 Å². The molecule has 1 aromatic carbocycles. The van der Waals surface area contributed by atoms with E-state index in [1.54, 1.807) is 24.3 Å². The van der Waals surface area contributed by atoms with Gasteiger partial charge in [-0.2, -0.15) is 9.78 Å². The third-order valence-corrected chi connectivity index (χ3v) is 3.29. The van der Waals surface area contributed by atoms with Gasteiger partial charge in [0.05, 0.1) is 7.11 Å². The van der Waals surface area contributed by atoms with Crippen molar-refractivity contribution in [2.75, 3.05) is 13.7 Å². The Bertz CT molecular complexity index is 846. The number of aromatic hydroxyl groups is 1. The zero-order valence-electron chi connectivity index (χ0n) is 13.4. The second-order valence-corrected chi connectivity index (χ2v) is 5.05. The van der Waals surface area contributed by atoms with Crippen LogP contribution in [0, 0.1) is 0 Å². The fourth-order valence-electron chi connectivity index (χ4n) is 2.11. The number of nitrogens with zero attached hydrogens (tertiary/aromatic N) is 2. The number of methoxy groups -OCH3 is 1. The molecule has 0 saturated heterocycles. The Kier molecular flexibility index (Phi) is 5.72. The highest BCUT2D eigenvalue weighted by Gasteiger charge is 2.18. The first-order valence-corrected chi connectivity index (χ1v) is 7.40. The van der Waals surface area contributed by atoms with Gasteiger partial charge in [-0.15, -0.1) is 0 Å². The molecule has 1 heterocycles. The summed E-state index contributed by atoms with van der Waals surface area (Å²) in [5.74, 6) is -1.88. The van der Waals surface area contributed by atoms with E-state index in [0.717, 1.165) is 10.7 Å². The van der Waals surface area contributed by atoms with Gasteiger partial charge in [-0.3, -0.25) is 14.4 Å². The molecule has 0 spiro atoms. The Hall–Kier alpha value is -3.36. The molecule has 2 aromatic rings. The molecule has 0 aliphatic rings. The van der Waals surface area contributed by atoms with Crippen molar-refractivity contribution in [3.05, 3.63) is 46.4 Å². The number of carbonyl (C=O) groups is 2. The predicted molar refractivity (Wildman–Crippen MR) is 87.3 cm³/mol. The fraction of sp³-hybridized carbons (Fsp3) is 0.250. The van der Waals surface area contributed by atoms with Crippen molar-refractivity contribution in [3.63, 3.8) is 0 Å². The van der Waals surface area contributed by atoms with E-state index >= 15 is 0 Å². The number of para-hydroxylation sites is 2. The number of benzene rings is 1. The number of carbonyl (C=O) groups excluding carboxylic acids is 1. The number of aromatic nitrogens is 2. The van der Waals surface area contributed by atoms with Gasteiger partial charge in [-0.25, -0.2) is 0 Å². The van der Waals surface area contributed by atoms with Crippen LogP contribution in [-0.2, 0) is 4.79 Å². The van der Waals surface area contributed by atoms with E-state index in [-0.39, 0.29) is 25.1 Å². The van der Waals surface area contributed by atoms with E-state index in [1.165, 1.54) is 7.11 Å². The minimum absolute atomic E-state index is 0.0968. The lowest BCUT2D eigenvalue weighted by atomic mass is 10.2. The van der Waals surface area contributed by atoms with E-state index in [4.69, 9.17) is 9.84 Å². The molecule has 0 bridgehead atoms. The maximum Gasteiger partial charge on any atom is 0.303 e. The largest absolute Gasteiger partial charge is 0.505 e. The quantitative estimate of drug-likeness (QED) is 0.623. The van der Waals surface area contributed by atoms with Gasteiger partial charge in [0.25, 0.3) is 11.5 Å².